The number of carbonyl (C=O) groups is 1. The van der Waals surface area contributed by atoms with Gasteiger partial charge in [-0.3, -0.25) is 9.48 Å². The molecule has 1 amide bonds. The predicted molar refractivity (Wildman–Crippen MR) is 89.0 cm³/mol. The highest BCUT2D eigenvalue weighted by Gasteiger charge is 2.32. The molecule has 3 aliphatic rings. The number of nitrogens with one attached hydrogen (secondary N) is 1. The van der Waals surface area contributed by atoms with Crippen molar-refractivity contribution in [2.75, 3.05) is 19.8 Å². The Morgan fingerprint density at radius 3 is 3.00 bits per heavy atom. The van der Waals surface area contributed by atoms with Crippen molar-refractivity contribution in [3.8, 4) is 0 Å². The van der Waals surface area contributed by atoms with Gasteiger partial charge in [0.05, 0.1) is 18.8 Å². The highest BCUT2D eigenvalue weighted by atomic mass is 16.5. The van der Waals surface area contributed by atoms with Gasteiger partial charge in [0.15, 0.2) is 5.69 Å². The van der Waals surface area contributed by atoms with E-state index in [0.29, 0.717) is 18.9 Å². The van der Waals surface area contributed by atoms with Gasteiger partial charge in [-0.15, -0.1) is 0 Å². The number of aromatic nitrogens is 2. The molecule has 2 heterocycles. The van der Waals surface area contributed by atoms with Gasteiger partial charge in [0.2, 0.25) is 0 Å². The fraction of sp³-hybridized carbons (Fsp3) is 0.778. The molecule has 24 heavy (non-hydrogen) atoms. The minimum Gasteiger partial charge on any atom is -0.379 e. The fourth-order valence-electron chi connectivity index (χ4n) is 3.79. The lowest BCUT2D eigenvalue weighted by Crippen LogP contribution is -2.51. The van der Waals surface area contributed by atoms with E-state index in [-0.39, 0.29) is 18.1 Å². The van der Waals surface area contributed by atoms with E-state index in [4.69, 9.17) is 9.47 Å². The molecule has 0 bridgehead atoms. The highest BCUT2D eigenvalue weighted by molar-refractivity contribution is 5.94. The third-order valence-corrected chi connectivity index (χ3v) is 5.43. The number of amides is 1. The number of hydrogen-bond donors (Lipinski definition) is 1. The average molecular weight is 333 g/mol. The maximum absolute atomic E-state index is 12.8. The topological polar surface area (TPSA) is 65.4 Å². The van der Waals surface area contributed by atoms with E-state index in [1.807, 2.05) is 11.7 Å². The van der Waals surface area contributed by atoms with Gasteiger partial charge in [-0.05, 0) is 50.9 Å². The molecule has 0 spiro atoms. The molecule has 0 aromatic carbocycles. The standard InChI is InChI=1S/C18H27N3O3/c1-21-15-5-3-2-4-13(15)17(20-21)18(22)19-14-11-23-9-8-16(14)24-10-12-6-7-12/h12,14,16H,2-11H2,1H3,(H,19,22)/t14-,16+/m1/s1. The summed E-state index contributed by atoms with van der Waals surface area (Å²) in [6.07, 6.45) is 7.75. The number of carbonyl (C=O) groups excluding carboxylic acids is 1. The maximum atomic E-state index is 12.8. The van der Waals surface area contributed by atoms with Crippen LogP contribution < -0.4 is 5.32 Å². The summed E-state index contributed by atoms with van der Waals surface area (Å²) >= 11 is 0. The van der Waals surface area contributed by atoms with Crippen LogP contribution in [0.15, 0.2) is 0 Å². The van der Waals surface area contributed by atoms with E-state index in [2.05, 4.69) is 10.4 Å². The lowest BCUT2D eigenvalue weighted by atomic mass is 9.95. The minimum absolute atomic E-state index is 0.0582. The minimum atomic E-state index is -0.0794. The SMILES string of the molecule is Cn1nc(C(=O)N[C@@H]2COCC[C@@H]2OCC2CC2)c2c1CCCC2. The van der Waals surface area contributed by atoms with Crippen LogP contribution in [0.4, 0.5) is 0 Å². The van der Waals surface area contributed by atoms with Crippen molar-refractivity contribution in [3.63, 3.8) is 0 Å². The Bertz CT molecular complexity index is 609. The summed E-state index contributed by atoms with van der Waals surface area (Å²) in [6, 6.07) is -0.0775. The first kappa shape index (κ1) is 16.1. The molecule has 4 rings (SSSR count). The van der Waals surface area contributed by atoms with E-state index in [1.54, 1.807) is 0 Å². The quantitative estimate of drug-likeness (QED) is 0.889. The Balaban J connectivity index is 1.44. The van der Waals surface area contributed by atoms with E-state index < -0.39 is 0 Å². The Morgan fingerprint density at radius 2 is 2.17 bits per heavy atom. The zero-order valence-electron chi connectivity index (χ0n) is 14.4. The number of nitrogens with zero attached hydrogens (tertiary/aromatic N) is 2. The molecular formula is C18H27N3O3. The summed E-state index contributed by atoms with van der Waals surface area (Å²) in [6.45, 7) is 2.05. The van der Waals surface area contributed by atoms with Gasteiger partial charge in [0.1, 0.15) is 0 Å². The zero-order valence-corrected chi connectivity index (χ0v) is 14.4. The van der Waals surface area contributed by atoms with Gasteiger partial charge in [-0.1, -0.05) is 0 Å². The van der Waals surface area contributed by atoms with Crippen LogP contribution in [0.1, 0.15) is 53.8 Å². The number of aryl methyl sites for hydroxylation is 1. The maximum Gasteiger partial charge on any atom is 0.272 e. The third-order valence-electron chi connectivity index (χ3n) is 5.43. The number of hydrogen-bond acceptors (Lipinski definition) is 4. The van der Waals surface area contributed by atoms with Gasteiger partial charge in [-0.2, -0.15) is 5.10 Å². The van der Waals surface area contributed by atoms with Crippen molar-refractivity contribution in [3.05, 3.63) is 17.0 Å². The summed E-state index contributed by atoms with van der Waals surface area (Å²) < 4.78 is 13.5. The summed E-state index contributed by atoms with van der Waals surface area (Å²) in [5, 5.41) is 7.62. The van der Waals surface area contributed by atoms with Crippen LogP contribution >= 0.6 is 0 Å². The van der Waals surface area contributed by atoms with Crippen molar-refractivity contribution < 1.29 is 14.3 Å². The first-order valence-electron chi connectivity index (χ1n) is 9.27. The summed E-state index contributed by atoms with van der Waals surface area (Å²) in [7, 11) is 1.94. The Hall–Kier alpha value is -1.40. The molecule has 2 aliphatic carbocycles. The number of rotatable bonds is 5. The average Bonchev–Trinajstić information content (AvgIpc) is 3.37. The fourth-order valence-corrected chi connectivity index (χ4v) is 3.79. The number of ether oxygens (including phenoxy) is 2. The molecule has 1 saturated heterocycles. The molecule has 1 N–H and O–H groups in total. The molecule has 1 aromatic heterocycles. The first-order chi connectivity index (χ1) is 11.7. The summed E-state index contributed by atoms with van der Waals surface area (Å²) in [4.78, 5) is 12.8. The van der Waals surface area contributed by atoms with Gasteiger partial charge in [-0.25, -0.2) is 0 Å². The van der Waals surface area contributed by atoms with E-state index in [0.717, 1.165) is 43.8 Å². The second kappa shape index (κ2) is 6.84. The van der Waals surface area contributed by atoms with Crippen LogP contribution in [-0.2, 0) is 29.4 Å². The molecule has 1 aliphatic heterocycles. The lowest BCUT2D eigenvalue weighted by molar-refractivity contribution is -0.0568. The molecule has 6 nitrogen and oxygen atoms in total. The third kappa shape index (κ3) is 3.35. The van der Waals surface area contributed by atoms with Crippen LogP contribution in [0.3, 0.4) is 0 Å². The molecule has 0 unspecified atom stereocenters. The molecule has 2 atom stereocenters. The smallest absolute Gasteiger partial charge is 0.272 e. The van der Waals surface area contributed by atoms with Crippen molar-refractivity contribution >= 4 is 5.91 Å². The number of fused-ring (bicyclic) bond motifs is 1. The van der Waals surface area contributed by atoms with Crippen LogP contribution in [0, 0.1) is 5.92 Å². The second-order valence-electron chi connectivity index (χ2n) is 7.36. The first-order valence-corrected chi connectivity index (χ1v) is 9.27. The normalized spacial score (nSPS) is 26.9. The van der Waals surface area contributed by atoms with Gasteiger partial charge < -0.3 is 14.8 Å². The van der Waals surface area contributed by atoms with Crippen molar-refractivity contribution in [2.24, 2.45) is 13.0 Å². The molecule has 0 radical (unpaired) electrons. The molecule has 6 heteroatoms. The monoisotopic (exact) mass is 333 g/mol. The molecular weight excluding hydrogens is 306 g/mol. The van der Waals surface area contributed by atoms with Crippen LogP contribution in [-0.4, -0.2) is 47.7 Å². The van der Waals surface area contributed by atoms with Gasteiger partial charge in [0, 0.05) is 31.5 Å². The summed E-state index contributed by atoms with van der Waals surface area (Å²) in [5.74, 6) is 0.649. The van der Waals surface area contributed by atoms with E-state index in [9.17, 15) is 4.79 Å². The molecule has 1 saturated carbocycles. The Labute approximate surface area is 142 Å². The lowest BCUT2D eigenvalue weighted by Gasteiger charge is -2.32. The van der Waals surface area contributed by atoms with Gasteiger partial charge >= 0.3 is 0 Å². The highest BCUT2D eigenvalue weighted by Crippen LogP contribution is 2.30. The van der Waals surface area contributed by atoms with Crippen LogP contribution in [0.25, 0.3) is 0 Å². The molecule has 132 valence electrons. The van der Waals surface area contributed by atoms with Crippen molar-refractivity contribution in [1.29, 1.82) is 0 Å². The predicted octanol–water partition coefficient (Wildman–Crippen LogP) is 1.61. The molecule has 1 aromatic rings. The van der Waals surface area contributed by atoms with E-state index in [1.165, 1.54) is 25.0 Å². The molecule has 2 fully saturated rings. The van der Waals surface area contributed by atoms with E-state index >= 15 is 0 Å². The van der Waals surface area contributed by atoms with Crippen molar-refractivity contribution in [1.82, 2.24) is 15.1 Å². The van der Waals surface area contributed by atoms with Crippen molar-refractivity contribution in [2.45, 2.75) is 57.1 Å². The van der Waals surface area contributed by atoms with Crippen LogP contribution in [0.2, 0.25) is 0 Å². The Morgan fingerprint density at radius 1 is 1.33 bits per heavy atom. The van der Waals surface area contributed by atoms with Crippen LogP contribution in [0.5, 0.6) is 0 Å². The van der Waals surface area contributed by atoms with Gasteiger partial charge in [0.25, 0.3) is 5.91 Å². The largest absolute Gasteiger partial charge is 0.379 e. The second-order valence-corrected chi connectivity index (χ2v) is 7.36. The zero-order chi connectivity index (χ0) is 16.5. The summed E-state index contributed by atoms with van der Waals surface area (Å²) in [5.41, 5.74) is 2.94. The Kier molecular flexibility index (Phi) is 4.59.